The molecule has 1 saturated carbocycles. The highest BCUT2D eigenvalue weighted by atomic mass is 35.5. The molecule has 2 aromatic carbocycles. The Labute approximate surface area is 204 Å². The number of hydrogen-bond donors (Lipinski definition) is 0. The summed E-state index contributed by atoms with van der Waals surface area (Å²) in [5.74, 6) is -2.32. The minimum atomic E-state index is -4.83. The fourth-order valence-electron chi connectivity index (χ4n) is 4.72. The molecule has 1 fully saturated rings. The lowest BCUT2D eigenvalue weighted by Gasteiger charge is -2.34. The lowest BCUT2D eigenvalue weighted by Crippen LogP contribution is -2.34. The van der Waals surface area contributed by atoms with Gasteiger partial charge in [-0.3, -0.25) is 9.59 Å². The van der Waals surface area contributed by atoms with E-state index in [0.29, 0.717) is 25.7 Å². The third-order valence-corrected chi connectivity index (χ3v) is 6.97. The Morgan fingerprint density at radius 1 is 1.17 bits per heavy atom. The third kappa shape index (κ3) is 4.53. The first-order valence-electron chi connectivity index (χ1n) is 11.2. The molecule has 0 spiro atoms. The zero-order valence-electron chi connectivity index (χ0n) is 19.1. The molecule has 35 heavy (non-hydrogen) atoms. The third-order valence-electron chi connectivity index (χ3n) is 6.65. The van der Waals surface area contributed by atoms with E-state index >= 15 is 0 Å². The van der Waals surface area contributed by atoms with Gasteiger partial charge in [-0.25, -0.2) is 4.39 Å². The van der Waals surface area contributed by atoms with Crippen LogP contribution in [0.25, 0.3) is 10.9 Å². The maximum atomic E-state index is 15.0. The lowest BCUT2D eigenvalue weighted by molar-refractivity contribution is -0.156. The summed E-state index contributed by atoms with van der Waals surface area (Å²) < 4.78 is 61.8. The summed E-state index contributed by atoms with van der Waals surface area (Å²) in [5.41, 5.74) is -2.30. The maximum absolute atomic E-state index is 15.0. The van der Waals surface area contributed by atoms with E-state index < -0.39 is 34.4 Å². The van der Waals surface area contributed by atoms with E-state index in [1.807, 2.05) is 6.92 Å². The van der Waals surface area contributed by atoms with Crippen LogP contribution in [0.4, 0.5) is 17.6 Å². The molecule has 0 unspecified atom stereocenters. The topological polar surface area (TPSA) is 61.2 Å². The van der Waals surface area contributed by atoms with Crippen molar-refractivity contribution in [2.45, 2.75) is 51.6 Å². The van der Waals surface area contributed by atoms with Gasteiger partial charge in [0, 0.05) is 5.92 Å². The molecule has 3 aromatic rings. The molecular weight excluding hydrogens is 488 g/mol. The van der Waals surface area contributed by atoms with E-state index in [-0.39, 0.29) is 40.1 Å². The van der Waals surface area contributed by atoms with Gasteiger partial charge in [0.2, 0.25) is 0 Å². The van der Waals surface area contributed by atoms with Crippen LogP contribution in [0.2, 0.25) is 5.02 Å². The highest BCUT2D eigenvalue weighted by Crippen LogP contribution is 2.45. The van der Waals surface area contributed by atoms with Crippen LogP contribution in [0.5, 0.6) is 0 Å². The number of esters is 1. The summed E-state index contributed by atoms with van der Waals surface area (Å²) in [6, 6.07) is 7.07. The second-order valence-electron chi connectivity index (χ2n) is 8.95. The number of halogens is 5. The Balaban J connectivity index is 1.77. The van der Waals surface area contributed by atoms with Crippen LogP contribution >= 0.6 is 11.6 Å². The van der Waals surface area contributed by atoms with Crippen molar-refractivity contribution in [3.8, 4) is 0 Å². The van der Waals surface area contributed by atoms with Gasteiger partial charge >= 0.3 is 12.1 Å². The predicted molar refractivity (Wildman–Crippen MR) is 122 cm³/mol. The van der Waals surface area contributed by atoms with Crippen LogP contribution in [0, 0.1) is 11.2 Å². The average Bonchev–Trinajstić information content (AvgIpc) is 3.19. The zero-order chi connectivity index (χ0) is 25.5. The summed E-state index contributed by atoms with van der Waals surface area (Å²) in [5, 5.41) is 4.02. The fraction of sp³-hybridized carbons (Fsp3) is 0.400. The van der Waals surface area contributed by atoms with E-state index in [4.69, 9.17) is 16.3 Å². The van der Waals surface area contributed by atoms with Crippen molar-refractivity contribution >= 4 is 34.4 Å². The van der Waals surface area contributed by atoms with Crippen LogP contribution in [-0.2, 0) is 15.7 Å². The highest BCUT2D eigenvalue weighted by molar-refractivity contribution is 6.34. The Morgan fingerprint density at radius 2 is 1.83 bits per heavy atom. The zero-order valence-corrected chi connectivity index (χ0v) is 19.8. The molecule has 4 rings (SSSR count). The standard InChI is InChI=1S/C25H23ClF4N2O3/c1-3-35-23(34)24(2)12-10-14(11-13-24)21-20-17(27)8-5-9-18(20)32(31-21)22(33)19-15(25(28,29)30)6-4-7-16(19)26/h4-9,14H,3,10-13H2,1-2H3. The van der Waals surface area contributed by atoms with Crippen LogP contribution < -0.4 is 0 Å². The van der Waals surface area contributed by atoms with Crippen LogP contribution in [0.3, 0.4) is 0 Å². The second-order valence-corrected chi connectivity index (χ2v) is 9.36. The Morgan fingerprint density at radius 3 is 2.46 bits per heavy atom. The maximum Gasteiger partial charge on any atom is 0.417 e. The summed E-state index contributed by atoms with van der Waals surface area (Å²) in [6.45, 7) is 3.81. The van der Waals surface area contributed by atoms with Gasteiger partial charge in [-0.1, -0.05) is 23.7 Å². The normalized spacial score (nSPS) is 20.7. The molecule has 0 radical (unpaired) electrons. The molecule has 0 N–H and O–H groups in total. The number of carbonyl (C=O) groups excluding carboxylic acids is 2. The van der Waals surface area contributed by atoms with E-state index in [2.05, 4.69) is 5.10 Å². The van der Waals surface area contributed by atoms with Crippen molar-refractivity contribution in [3.05, 3.63) is 64.1 Å². The molecule has 10 heteroatoms. The van der Waals surface area contributed by atoms with Crippen molar-refractivity contribution in [1.82, 2.24) is 9.78 Å². The molecule has 0 bridgehead atoms. The van der Waals surface area contributed by atoms with Crippen molar-refractivity contribution in [1.29, 1.82) is 0 Å². The molecular formula is C25H23ClF4N2O3. The molecule has 0 saturated heterocycles. The van der Waals surface area contributed by atoms with Gasteiger partial charge in [-0.15, -0.1) is 0 Å². The van der Waals surface area contributed by atoms with Gasteiger partial charge in [0.05, 0.1) is 44.8 Å². The monoisotopic (exact) mass is 510 g/mol. The highest BCUT2D eigenvalue weighted by Gasteiger charge is 2.41. The summed E-state index contributed by atoms with van der Waals surface area (Å²) in [7, 11) is 0. The van der Waals surface area contributed by atoms with Crippen molar-refractivity contribution in [2.24, 2.45) is 5.41 Å². The van der Waals surface area contributed by atoms with Crippen LogP contribution in [0.15, 0.2) is 36.4 Å². The minimum Gasteiger partial charge on any atom is -0.466 e. The Hall–Kier alpha value is -2.94. The van der Waals surface area contributed by atoms with Crippen molar-refractivity contribution < 1.29 is 31.9 Å². The number of nitrogens with zero attached hydrogens (tertiary/aromatic N) is 2. The number of aromatic nitrogens is 2. The number of fused-ring (bicyclic) bond motifs is 1. The number of alkyl halides is 3. The molecule has 1 aromatic heterocycles. The smallest absolute Gasteiger partial charge is 0.417 e. The molecule has 5 nitrogen and oxygen atoms in total. The van der Waals surface area contributed by atoms with Gasteiger partial charge in [-0.2, -0.15) is 23.0 Å². The first-order chi connectivity index (χ1) is 16.5. The molecule has 0 aliphatic heterocycles. The van der Waals surface area contributed by atoms with Crippen molar-refractivity contribution in [3.63, 3.8) is 0 Å². The van der Waals surface area contributed by atoms with Gasteiger partial charge in [-0.05, 0) is 63.8 Å². The number of ether oxygens (including phenoxy) is 1. The lowest BCUT2D eigenvalue weighted by atomic mass is 9.70. The first kappa shape index (κ1) is 25.2. The Bertz CT molecular complexity index is 1290. The molecule has 0 amide bonds. The largest absolute Gasteiger partial charge is 0.466 e. The molecule has 1 heterocycles. The van der Waals surface area contributed by atoms with Crippen LogP contribution in [-0.4, -0.2) is 28.3 Å². The quantitative estimate of drug-likeness (QED) is 0.287. The average molecular weight is 511 g/mol. The second kappa shape index (κ2) is 9.26. The van der Waals surface area contributed by atoms with Crippen molar-refractivity contribution in [2.75, 3.05) is 6.61 Å². The first-order valence-corrected chi connectivity index (χ1v) is 11.6. The van der Waals surface area contributed by atoms with E-state index in [9.17, 15) is 27.2 Å². The Kier molecular flexibility index (Phi) is 6.66. The van der Waals surface area contributed by atoms with Crippen LogP contribution in [0.1, 0.15) is 67.1 Å². The van der Waals surface area contributed by atoms with Gasteiger partial charge in [0.15, 0.2) is 0 Å². The van der Waals surface area contributed by atoms with Gasteiger partial charge in [0.1, 0.15) is 5.82 Å². The summed E-state index contributed by atoms with van der Waals surface area (Å²) >= 11 is 6.03. The SMILES string of the molecule is CCOC(=O)C1(C)CCC(c2nn(C(=O)c3c(Cl)cccc3C(F)(F)F)c3cccc(F)c23)CC1. The number of rotatable bonds is 4. The molecule has 1 aliphatic carbocycles. The van der Waals surface area contributed by atoms with E-state index in [1.165, 1.54) is 24.3 Å². The summed E-state index contributed by atoms with van der Waals surface area (Å²) in [6.07, 6.45) is -2.94. The van der Waals surface area contributed by atoms with E-state index in [1.54, 1.807) is 6.92 Å². The van der Waals surface area contributed by atoms with Gasteiger partial charge < -0.3 is 4.74 Å². The van der Waals surface area contributed by atoms with E-state index in [0.717, 1.165) is 16.8 Å². The molecule has 1 aliphatic rings. The minimum absolute atomic E-state index is 0.0526. The predicted octanol–water partition coefficient (Wildman–Crippen LogP) is 6.76. The summed E-state index contributed by atoms with van der Waals surface area (Å²) in [4.78, 5) is 25.7. The molecule has 0 atom stereocenters. The van der Waals surface area contributed by atoms with Gasteiger partial charge in [0.25, 0.3) is 5.91 Å². The molecule has 186 valence electrons. The number of carbonyl (C=O) groups is 2. The number of benzene rings is 2. The fourth-order valence-corrected chi connectivity index (χ4v) is 4.97. The number of hydrogen-bond acceptors (Lipinski definition) is 4.